The number of hydrogen-bond donors (Lipinski definition) is 1. The first-order valence-electron chi connectivity index (χ1n) is 5.50. The predicted octanol–water partition coefficient (Wildman–Crippen LogP) is 0.126. The fourth-order valence-corrected chi connectivity index (χ4v) is 1.82. The van der Waals surface area contributed by atoms with Gasteiger partial charge in [-0.25, -0.2) is 0 Å². The molecule has 5 heteroatoms. The maximum atomic E-state index is 5.30. The van der Waals surface area contributed by atoms with E-state index < -0.39 is 0 Å². The third-order valence-electron chi connectivity index (χ3n) is 2.81. The second-order valence-electron chi connectivity index (χ2n) is 3.95. The van der Waals surface area contributed by atoms with E-state index in [0.29, 0.717) is 6.04 Å². The third-order valence-corrected chi connectivity index (χ3v) is 2.81. The van der Waals surface area contributed by atoms with Crippen LogP contribution in [0, 0.1) is 0 Å². The number of rotatable bonds is 4. The summed E-state index contributed by atoms with van der Waals surface area (Å²) in [6, 6.07) is 0.618. The molecule has 2 rings (SSSR count). The van der Waals surface area contributed by atoms with Gasteiger partial charge in [-0.15, -0.1) is 10.2 Å². The number of aromatic nitrogens is 3. The third kappa shape index (κ3) is 3.00. The van der Waals surface area contributed by atoms with Crippen molar-refractivity contribution in [3.8, 4) is 0 Å². The van der Waals surface area contributed by atoms with Crippen molar-refractivity contribution in [2.45, 2.75) is 25.3 Å². The minimum Gasteiger partial charge on any atom is -0.381 e. The number of nitrogens with zero attached hydrogens (tertiary/aromatic N) is 3. The summed E-state index contributed by atoms with van der Waals surface area (Å²) in [5.41, 5.74) is 0. The summed E-state index contributed by atoms with van der Waals surface area (Å²) in [6.45, 7) is 2.75. The fourth-order valence-electron chi connectivity index (χ4n) is 1.82. The van der Waals surface area contributed by atoms with Gasteiger partial charge in [0.1, 0.15) is 12.2 Å². The van der Waals surface area contributed by atoms with E-state index in [0.717, 1.165) is 44.8 Å². The van der Waals surface area contributed by atoms with E-state index in [1.807, 2.05) is 11.6 Å². The highest BCUT2D eigenvalue weighted by Gasteiger charge is 2.12. The highest BCUT2D eigenvalue weighted by Crippen LogP contribution is 2.05. The summed E-state index contributed by atoms with van der Waals surface area (Å²) < 4.78 is 7.27. The Kier molecular flexibility index (Phi) is 3.69. The molecule has 1 aliphatic rings. The van der Waals surface area contributed by atoms with Gasteiger partial charge in [-0.2, -0.15) is 0 Å². The highest BCUT2D eigenvalue weighted by atomic mass is 16.5. The molecule has 0 radical (unpaired) electrons. The molecule has 1 aliphatic heterocycles. The summed E-state index contributed by atoms with van der Waals surface area (Å²) in [5, 5.41) is 11.4. The van der Waals surface area contributed by atoms with Gasteiger partial charge in [-0.05, 0) is 12.8 Å². The van der Waals surface area contributed by atoms with E-state index in [1.165, 1.54) is 0 Å². The monoisotopic (exact) mass is 210 g/mol. The van der Waals surface area contributed by atoms with Crippen molar-refractivity contribution in [1.29, 1.82) is 0 Å². The SMILES string of the molecule is Cn1cnnc1CCNC1CCOCC1. The minimum absolute atomic E-state index is 0.618. The Hall–Kier alpha value is -0.940. The molecule has 0 amide bonds. The Morgan fingerprint density at radius 3 is 3.00 bits per heavy atom. The Labute approximate surface area is 89.8 Å². The van der Waals surface area contributed by atoms with Gasteiger partial charge < -0.3 is 14.6 Å². The standard InChI is InChI=1S/C10H18N4O/c1-14-8-12-13-10(14)2-5-11-9-3-6-15-7-4-9/h8-9,11H,2-7H2,1H3. The molecule has 0 aliphatic carbocycles. The summed E-state index contributed by atoms with van der Waals surface area (Å²) >= 11 is 0. The average Bonchev–Trinajstić information content (AvgIpc) is 2.66. The molecule has 15 heavy (non-hydrogen) atoms. The smallest absolute Gasteiger partial charge is 0.133 e. The lowest BCUT2D eigenvalue weighted by Gasteiger charge is -2.22. The Bertz CT molecular complexity index is 293. The molecular formula is C10H18N4O. The quantitative estimate of drug-likeness (QED) is 0.767. The molecule has 1 fully saturated rings. The number of hydrogen-bond acceptors (Lipinski definition) is 4. The largest absolute Gasteiger partial charge is 0.381 e. The normalized spacial score (nSPS) is 18.2. The van der Waals surface area contributed by atoms with E-state index in [4.69, 9.17) is 4.74 Å². The molecule has 1 aromatic rings. The summed E-state index contributed by atoms with van der Waals surface area (Å²) in [6.07, 6.45) is 4.93. The maximum Gasteiger partial charge on any atom is 0.133 e. The lowest BCUT2D eigenvalue weighted by atomic mass is 10.1. The first-order chi connectivity index (χ1) is 7.36. The van der Waals surface area contributed by atoms with Gasteiger partial charge in [0.15, 0.2) is 0 Å². The van der Waals surface area contributed by atoms with E-state index in [1.54, 1.807) is 6.33 Å². The molecule has 0 atom stereocenters. The molecular weight excluding hydrogens is 192 g/mol. The first-order valence-corrected chi connectivity index (χ1v) is 5.50. The molecule has 0 saturated carbocycles. The van der Waals surface area contributed by atoms with E-state index in [2.05, 4.69) is 15.5 Å². The Morgan fingerprint density at radius 1 is 1.53 bits per heavy atom. The van der Waals surface area contributed by atoms with Gasteiger partial charge >= 0.3 is 0 Å². The summed E-state index contributed by atoms with van der Waals surface area (Å²) in [7, 11) is 1.98. The predicted molar refractivity (Wildman–Crippen MR) is 56.6 cm³/mol. The van der Waals surface area contributed by atoms with E-state index in [9.17, 15) is 0 Å². The second-order valence-corrected chi connectivity index (χ2v) is 3.95. The molecule has 2 heterocycles. The van der Waals surface area contributed by atoms with Gasteiger partial charge in [0.05, 0.1) is 0 Å². The Balaban J connectivity index is 1.68. The van der Waals surface area contributed by atoms with Crippen LogP contribution in [-0.2, 0) is 18.2 Å². The zero-order valence-electron chi connectivity index (χ0n) is 9.15. The van der Waals surface area contributed by atoms with Crippen LogP contribution in [0.25, 0.3) is 0 Å². The minimum atomic E-state index is 0.618. The fraction of sp³-hybridized carbons (Fsp3) is 0.800. The van der Waals surface area contributed by atoms with Gasteiger partial charge in [-0.3, -0.25) is 0 Å². The Morgan fingerprint density at radius 2 is 2.33 bits per heavy atom. The van der Waals surface area contributed by atoms with Gasteiger partial charge in [-0.1, -0.05) is 0 Å². The zero-order valence-corrected chi connectivity index (χ0v) is 9.15. The van der Waals surface area contributed by atoms with Crippen molar-refractivity contribution >= 4 is 0 Å². The van der Waals surface area contributed by atoms with Crippen LogP contribution in [0.4, 0.5) is 0 Å². The summed E-state index contributed by atoms with van der Waals surface area (Å²) in [4.78, 5) is 0. The lowest BCUT2D eigenvalue weighted by Crippen LogP contribution is -2.36. The van der Waals surface area contributed by atoms with Crippen molar-refractivity contribution < 1.29 is 4.74 Å². The number of nitrogens with one attached hydrogen (secondary N) is 1. The van der Waals surface area contributed by atoms with Crippen LogP contribution >= 0.6 is 0 Å². The second kappa shape index (κ2) is 5.23. The van der Waals surface area contributed by atoms with Crippen LogP contribution < -0.4 is 5.32 Å². The van der Waals surface area contributed by atoms with Crippen molar-refractivity contribution in [3.63, 3.8) is 0 Å². The molecule has 0 bridgehead atoms. The lowest BCUT2D eigenvalue weighted by molar-refractivity contribution is 0.0781. The van der Waals surface area contributed by atoms with Crippen molar-refractivity contribution in [3.05, 3.63) is 12.2 Å². The van der Waals surface area contributed by atoms with Crippen molar-refractivity contribution in [1.82, 2.24) is 20.1 Å². The summed E-state index contributed by atoms with van der Waals surface area (Å²) in [5.74, 6) is 1.04. The van der Waals surface area contributed by atoms with Crippen LogP contribution in [0.3, 0.4) is 0 Å². The van der Waals surface area contributed by atoms with Gasteiger partial charge in [0.2, 0.25) is 0 Å². The van der Waals surface area contributed by atoms with Crippen LogP contribution in [0.1, 0.15) is 18.7 Å². The van der Waals surface area contributed by atoms with Gasteiger partial charge in [0.25, 0.3) is 0 Å². The molecule has 0 spiro atoms. The maximum absolute atomic E-state index is 5.30. The van der Waals surface area contributed by atoms with Crippen LogP contribution in [-0.4, -0.2) is 40.6 Å². The van der Waals surface area contributed by atoms with Crippen LogP contribution in [0.5, 0.6) is 0 Å². The molecule has 1 N–H and O–H groups in total. The zero-order chi connectivity index (χ0) is 10.5. The van der Waals surface area contributed by atoms with E-state index >= 15 is 0 Å². The molecule has 84 valence electrons. The molecule has 1 saturated heterocycles. The molecule has 0 aromatic carbocycles. The van der Waals surface area contributed by atoms with Gasteiger partial charge in [0, 0.05) is 39.3 Å². The highest BCUT2D eigenvalue weighted by molar-refractivity contribution is 4.85. The van der Waals surface area contributed by atoms with Crippen molar-refractivity contribution in [2.24, 2.45) is 7.05 Å². The number of aryl methyl sites for hydroxylation is 1. The molecule has 1 aromatic heterocycles. The number of ether oxygens (including phenoxy) is 1. The molecule has 5 nitrogen and oxygen atoms in total. The average molecular weight is 210 g/mol. The van der Waals surface area contributed by atoms with E-state index in [-0.39, 0.29) is 0 Å². The first kappa shape index (κ1) is 10.6. The van der Waals surface area contributed by atoms with Crippen molar-refractivity contribution in [2.75, 3.05) is 19.8 Å². The van der Waals surface area contributed by atoms with Crippen LogP contribution in [0.2, 0.25) is 0 Å². The van der Waals surface area contributed by atoms with Crippen LogP contribution in [0.15, 0.2) is 6.33 Å². The molecule has 0 unspecified atom stereocenters. The topological polar surface area (TPSA) is 52.0 Å².